The van der Waals surface area contributed by atoms with Crippen LogP contribution in [0.4, 0.5) is 17.3 Å². The molecule has 0 bridgehead atoms. The topological polar surface area (TPSA) is 81.2 Å². The van der Waals surface area contributed by atoms with E-state index in [0.717, 1.165) is 37.6 Å². The lowest BCUT2D eigenvalue weighted by Gasteiger charge is -2.24. The molecule has 3 heterocycles. The van der Waals surface area contributed by atoms with E-state index in [2.05, 4.69) is 25.6 Å². The number of hydrogen-bond donors (Lipinski definition) is 2. The van der Waals surface area contributed by atoms with Crippen molar-refractivity contribution in [3.05, 3.63) is 61.1 Å². The van der Waals surface area contributed by atoms with Gasteiger partial charge in [-0.2, -0.15) is 0 Å². The van der Waals surface area contributed by atoms with Gasteiger partial charge >= 0.3 is 0 Å². The fourth-order valence-corrected chi connectivity index (χ4v) is 2.84. The van der Waals surface area contributed by atoms with Gasteiger partial charge in [-0.05, 0) is 49.2 Å². The van der Waals surface area contributed by atoms with Crippen LogP contribution in [0.25, 0.3) is 0 Å². The van der Waals surface area contributed by atoms with Crippen molar-refractivity contribution in [2.24, 2.45) is 0 Å². The molecule has 138 valence electrons. The average molecular weight is 363 g/mol. The fraction of sp³-hybridized carbons (Fsp3) is 0.250. The number of pyridine rings is 1. The van der Waals surface area contributed by atoms with E-state index in [0.29, 0.717) is 23.5 Å². The molecule has 1 fully saturated rings. The zero-order valence-electron chi connectivity index (χ0n) is 14.8. The monoisotopic (exact) mass is 363 g/mol. The van der Waals surface area contributed by atoms with E-state index in [1.807, 2.05) is 42.5 Å². The minimum Gasteiger partial charge on any atom is -0.436 e. The highest BCUT2D eigenvalue weighted by atomic mass is 16.5. The number of ether oxygens (including phenoxy) is 2. The van der Waals surface area contributed by atoms with E-state index < -0.39 is 0 Å². The van der Waals surface area contributed by atoms with Gasteiger partial charge in [0.15, 0.2) is 5.82 Å². The van der Waals surface area contributed by atoms with Gasteiger partial charge in [0.05, 0.1) is 0 Å². The highest BCUT2D eigenvalue weighted by molar-refractivity contribution is 5.57. The van der Waals surface area contributed by atoms with Gasteiger partial charge in [-0.3, -0.25) is 0 Å². The van der Waals surface area contributed by atoms with E-state index in [1.165, 1.54) is 0 Å². The number of rotatable bonds is 6. The standard InChI is InChI=1S/C20H21N5O2/c1-2-10-21-18(3-1)24-15-4-6-17(7-5-15)27-20-19(22-11-12-23-20)25-16-8-13-26-14-9-16/h1-7,10-12,16H,8-9,13-14H2,(H,21,24)(H,22,25). The predicted octanol–water partition coefficient (Wildman–Crippen LogP) is 4.00. The molecule has 1 aromatic carbocycles. The van der Waals surface area contributed by atoms with Gasteiger partial charge in [0.1, 0.15) is 11.6 Å². The predicted molar refractivity (Wildman–Crippen MR) is 104 cm³/mol. The molecule has 1 aliphatic rings. The average Bonchev–Trinajstić information content (AvgIpc) is 2.72. The molecule has 0 unspecified atom stereocenters. The number of nitrogens with zero attached hydrogens (tertiary/aromatic N) is 3. The summed E-state index contributed by atoms with van der Waals surface area (Å²) < 4.78 is 11.3. The van der Waals surface area contributed by atoms with Crippen molar-refractivity contribution in [2.45, 2.75) is 18.9 Å². The van der Waals surface area contributed by atoms with Crippen LogP contribution < -0.4 is 15.4 Å². The van der Waals surface area contributed by atoms with Crippen molar-refractivity contribution in [2.75, 3.05) is 23.8 Å². The molecule has 0 aliphatic carbocycles. The molecular formula is C20H21N5O2. The number of benzene rings is 1. The normalized spacial score (nSPS) is 14.5. The van der Waals surface area contributed by atoms with E-state index in [1.54, 1.807) is 18.6 Å². The zero-order chi connectivity index (χ0) is 18.3. The molecule has 1 aliphatic heterocycles. The summed E-state index contributed by atoms with van der Waals surface area (Å²) in [5.41, 5.74) is 0.931. The molecule has 0 atom stereocenters. The van der Waals surface area contributed by atoms with Gasteiger partial charge in [-0.25, -0.2) is 15.0 Å². The summed E-state index contributed by atoms with van der Waals surface area (Å²) in [6.45, 7) is 1.53. The first-order valence-corrected chi connectivity index (χ1v) is 8.98. The number of aromatic nitrogens is 3. The Balaban J connectivity index is 1.43. The Labute approximate surface area is 157 Å². The molecular weight excluding hydrogens is 342 g/mol. The van der Waals surface area contributed by atoms with Crippen LogP contribution in [0.3, 0.4) is 0 Å². The van der Waals surface area contributed by atoms with E-state index >= 15 is 0 Å². The van der Waals surface area contributed by atoms with Crippen molar-refractivity contribution in [1.82, 2.24) is 15.0 Å². The van der Waals surface area contributed by atoms with Crippen molar-refractivity contribution < 1.29 is 9.47 Å². The second-order valence-electron chi connectivity index (χ2n) is 6.21. The first kappa shape index (κ1) is 17.2. The summed E-state index contributed by atoms with van der Waals surface area (Å²) in [4.78, 5) is 13.0. The van der Waals surface area contributed by atoms with E-state index in [9.17, 15) is 0 Å². The van der Waals surface area contributed by atoms with Crippen molar-refractivity contribution in [3.8, 4) is 11.6 Å². The summed E-state index contributed by atoms with van der Waals surface area (Å²) >= 11 is 0. The summed E-state index contributed by atoms with van der Waals surface area (Å²) in [7, 11) is 0. The van der Waals surface area contributed by atoms with Gasteiger partial charge in [0.2, 0.25) is 0 Å². The minimum absolute atomic E-state index is 0.322. The Morgan fingerprint density at radius 3 is 2.48 bits per heavy atom. The maximum atomic E-state index is 5.95. The molecule has 0 amide bonds. The van der Waals surface area contributed by atoms with Crippen molar-refractivity contribution in [1.29, 1.82) is 0 Å². The number of hydrogen-bond acceptors (Lipinski definition) is 7. The van der Waals surface area contributed by atoms with Gasteiger partial charge in [0, 0.05) is 43.5 Å². The van der Waals surface area contributed by atoms with E-state index in [4.69, 9.17) is 9.47 Å². The molecule has 0 radical (unpaired) electrons. The fourth-order valence-electron chi connectivity index (χ4n) is 2.84. The summed E-state index contributed by atoms with van der Waals surface area (Å²) in [6.07, 6.45) is 6.94. The third kappa shape index (κ3) is 4.71. The molecule has 3 aromatic rings. The maximum absolute atomic E-state index is 5.95. The minimum atomic E-state index is 0.322. The van der Waals surface area contributed by atoms with Gasteiger partial charge in [-0.1, -0.05) is 6.07 Å². The number of anilines is 3. The SMILES string of the molecule is c1ccc(Nc2ccc(Oc3nccnc3NC3CCOCC3)cc2)nc1. The largest absolute Gasteiger partial charge is 0.436 e. The highest BCUT2D eigenvalue weighted by Gasteiger charge is 2.17. The zero-order valence-corrected chi connectivity index (χ0v) is 14.8. The number of nitrogens with one attached hydrogen (secondary N) is 2. The summed E-state index contributed by atoms with van der Waals surface area (Å²) in [5, 5.41) is 6.66. The molecule has 1 saturated heterocycles. The third-order valence-electron chi connectivity index (χ3n) is 4.23. The van der Waals surface area contributed by atoms with Crippen LogP contribution in [-0.2, 0) is 4.74 Å². The first-order valence-electron chi connectivity index (χ1n) is 8.98. The maximum Gasteiger partial charge on any atom is 0.262 e. The molecule has 7 heteroatoms. The van der Waals surface area contributed by atoms with Crippen LogP contribution >= 0.6 is 0 Å². The van der Waals surface area contributed by atoms with Crippen molar-refractivity contribution in [3.63, 3.8) is 0 Å². The molecule has 2 N–H and O–H groups in total. The molecule has 0 saturated carbocycles. The quantitative estimate of drug-likeness (QED) is 0.685. The van der Waals surface area contributed by atoms with Gasteiger partial charge < -0.3 is 20.1 Å². The smallest absolute Gasteiger partial charge is 0.262 e. The van der Waals surface area contributed by atoms with Crippen LogP contribution in [-0.4, -0.2) is 34.2 Å². The highest BCUT2D eigenvalue weighted by Crippen LogP contribution is 2.28. The Kier molecular flexibility index (Phi) is 5.40. The lowest BCUT2D eigenvalue weighted by Crippen LogP contribution is -2.28. The Morgan fingerprint density at radius 2 is 1.70 bits per heavy atom. The van der Waals surface area contributed by atoms with Gasteiger partial charge in [0.25, 0.3) is 5.88 Å². The lowest BCUT2D eigenvalue weighted by molar-refractivity contribution is 0.0903. The second-order valence-corrected chi connectivity index (χ2v) is 6.21. The van der Waals surface area contributed by atoms with Crippen LogP contribution in [0.1, 0.15) is 12.8 Å². The Hall–Kier alpha value is -3.19. The molecule has 4 rings (SSSR count). The second kappa shape index (κ2) is 8.46. The molecule has 0 spiro atoms. The van der Waals surface area contributed by atoms with Crippen LogP contribution in [0.2, 0.25) is 0 Å². The third-order valence-corrected chi connectivity index (χ3v) is 4.23. The summed E-state index contributed by atoms with van der Waals surface area (Å²) in [6, 6.07) is 13.7. The Morgan fingerprint density at radius 1 is 0.889 bits per heavy atom. The lowest BCUT2D eigenvalue weighted by atomic mass is 10.1. The van der Waals surface area contributed by atoms with Crippen LogP contribution in [0.15, 0.2) is 61.1 Å². The summed E-state index contributed by atoms with van der Waals surface area (Å²) in [5.74, 6) is 2.61. The molecule has 2 aromatic heterocycles. The Bertz CT molecular complexity index is 852. The molecule has 27 heavy (non-hydrogen) atoms. The molecule has 7 nitrogen and oxygen atoms in total. The first-order chi connectivity index (χ1) is 13.4. The van der Waals surface area contributed by atoms with Crippen molar-refractivity contribution >= 4 is 17.3 Å². The van der Waals surface area contributed by atoms with Crippen LogP contribution in [0, 0.1) is 0 Å². The van der Waals surface area contributed by atoms with Gasteiger partial charge in [-0.15, -0.1) is 0 Å². The van der Waals surface area contributed by atoms with Crippen LogP contribution in [0.5, 0.6) is 11.6 Å². The van der Waals surface area contributed by atoms with E-state index in [-0.39, 0.29) is 0 Å².